The SMILES string of the molecule is CC(C)(CC(=O)O)Oc1ccc(F)cc1. The molecule has 0 unspecified atom stereocenters. The van der Waals surface area contributed by atoms with E-state index in [1.54, 1.807) is 13.8 Å². The molecule has 15 heavy (non-hydrogen) atoms. The normalized spacial score (nSPS) is 11.1. The van der Waals surface area contributed by atoms with E-state index in [9.17, 15) is 9.18 Å². The quantitative estimate of drug-likeness (QED) is 0.833. The second-order valence-corrected chi connectivity index (χ2v) is 3.89. The van der Waals surface area contributed by atoms with Crippen LogP contribution in [0, 0.1) is 5.82 Å². The van der Waals surface area contributed by atoms with E-state index in [4.69, 9.17) is 9.84 Å². The first-order chi connectivity index (χ1) is 6.89. The third-order valence-electron chi connectivity index (χ3n) is 1.78. The van der Waals surface area contributed by atoms with Crippen molar-refractivity contribution in [3.05, 3.63) is 30.1 Å². The number of halogens is 1. The van der Waals surface area contributed by atoms with Crippen LogP contribution in [0.5, 0.6) is 5.75 Å². The van der Waals surface area contributed by atoms with Gasteiger partial charge in [0.1, 0.15) is 17.2 Å². The number of carboxylic acid groups (broad SMARTS) is 1. The van der Waals surface area contributed by atoms with Crippen LogP contribution in [-0.4, -0.2) is 16.7 Å². The minimum Gasteiger partial charge on any atom is -0.487 e. The van der Waals surface area contributed by atoms with Crippen molar-refractivity contribution in [2.24, 2.45) is 0 Å². The molecule has 1 aromatic rings. The predicted molar refractivity (Wildman–Crippen MR) is 53.4 cm³/mol. The largest absolute Gasteiger partial charge is 0.487 e. The molecule has 1 rings (SSSR count). The van der Waals surface area contributed by atoms with Gasteiger partial charge in [0.05, 0.1) is 6.42 Å². The highest BCUT2D eigenvalue weighted by Gasteiger charge is 2.23. The lowest BCUT2D eigenvalue weighted by Gasteiger charge is -2.24. The van der Waals surface area contributed by atoms with Crippen molar-refractivity contribution in [2.75, 3.05) is 0 Å². The molecule has 0 spiro atoms. The summed E-state index contributed by atoms with van der Waals surface area (Å²) in [7, 11) is 0. The van der Waals surface area contributed by atoms with Crippen molar-refractivity contribution in [1.29, 1.82) is 0 Å². The Balaban J connectivity index is 2.68. The number of hydrogen-bond donors (Lipinski definition) is 1. The monoisotopic (exact) mass is 212 g/mol. The zero-order valence-electron chi connectivity index (χ0n) is 8.66. The fourth-order valence-corrected chi connectivity index (χ4v) is 1.22. The van der Waals surface area contributed by atoms with Gasteiger partial charge in [0.2, 0.25) is 0 Å². The van der Waals surface area contributed by atoms with Crippen LogP contribution in [0.2, 0.25) is 0 Å². The molecule has 0 radical (unpaired) electrons. The van der Waals surface area contributed by atoms with Crippen LogP contribution in [0.25, 0.3) is 0 Å². The molecule has 0 heterocycles. The minimum absolute atomic E-state index is 0.107. The highest BCUT2D eigenvalue weighted by Crippen LogP contribution is 2.21. The highest BCUT2D eigenvalue weighted by molar-refractivity contribution is 5.68. The summed E-state index contributed by atoms with van der Waals surface area (Å²) in [6.45, 7) is 3.34. The molecule has 0 aliphatic heterocycles. The van der Waals surface area contributed by atoms with Gasteiger partial charge in [-0.25, -0.2) is 4.39 Å². The van der Waals surface area contributed by atoms with Gasteiger partial charge >= 0.3 is 5.97 Å². The second-order valence-electron chi connectivity index (χ2n) is 3.89. The fourth-order valence-electron chi connectivity index (χ4n) is 1.22. The average molecular weight is 212 g/mol. The molecule has 0 aliphatic rings. The van der Waals surface area contributed by atoms with Gasteiger partial charge in [-0.2, -0.15) is 0 Å². The van der Waals surface area contributed by atoms with Crippen LogP contribution in [-0.2, 0) is 4.79 Å². The lowest BCUT2D eigenvalue weighted by Crippen LogP contribution is -2.31. The summed E-state index contributed by atoms with van der Waals surface area (Å²) >= 11 is 0. The number of aliphatic carboxylic acids is 1. The topological polar surface area (TPSA) is 46.5 Å². The number of benzene rings is 1. The van der Waals surface area contributed by atoms with E-state index in [-0.39, 0.29) is 12.2 Å². The molecule has 82 valence electrons. The maximum atomic E-state index is 12.6. The van der Waals surface area contributed by atoms with E-state index in [0.29, 0.717) is 5.75 Å². The van der Waals surface area contributed by atoms with Crippen molar-refractivity contribution >= 4 is 5.97 Å². The number of hydrogen-bond acceptors (Lipinski definition) is 2. The van der Waals surface area contributed by atoms with Gasteiger partial charge < -0.3 is 9.84 Å². The van der Waals surface area contributed by atoms with Crippen molar-refractivity contribution in [3.8, 4) is 5.75 Å². The fraction of sp³-hybridized carbons (Fsp3) is 0.364. The molecule has 0 saturated heterocycles. The lowest BCUT2D eigenvalue weighted by molar-refractivity contribution is -0.140. The Morgan fingerprint density at radius 1 is 1.40 bits per heavy atom. The molecule has 3 nitrogen and oxygen atoms in total. The van der Waals surface area contributed by atoms with Crippen molar-refractivity contribution in [3.63, 3.8) is 0 Å². The summed E-state index contributed by atoms with van der Waals surface area (Å²) in [5.74, 6) is -0.817. The first-order valence-electron chi connectivity index (χ1n) is 4.55. The highest BCUT2D eigenvalue weighted by atomic mass is 19.1. The average Bonchev–Trinajstić information content (AvgIpc) is 2.06. The van der Waals surface area contributed by atoms with Gasteiger partial charge in [-0.15, -0.1) is 0 Å². The molecule has 0 aromatic heterocycles. The zero-order valence-corrected chi connectivity index (χ0v) is 8.66. The summed E-state index contributed by atoms with van der Waals surface area (Å²) in [5.41, 5.74) is -0.802. The number of carbonyl (C=O) groups is 1. The van der Waals surface area contributed by atoms with Crippen LogP contribution in [0.1, 0.15) is 20.3 Å². The van der Waals surface area contributed by atoms with Gasteiger partial charge in [0, 0.05) is 0 Å². The van der Waals surface area contributed by atoms with Crippen LogP contribution in [0.4, 0.5) is 4.39 Å². The first-order valence-corrected chi connectivity index (χ1v) is 4.55. The molecule has 1 aromatic carbocycles. The Morgan fingerprint density at radius 2 is 1.93 bits per heavy atom. The third-order valence-corrected chi connectivity index (χ3v) is 1.78. The van der Waals surface area contributed by atoms with E-state index >= 15 is 0 Å². The summed E-state index contributed by atoms with van der Waals surface area (Å²) in [6.07, 6.45) is -0.107. The Morgan fingerprint density at radius 3 is 2.40 bits per heavy atom. The molecule has 1 N–H and O–H groups in total. The number of rotatable bonds is 4. The molecule has 0 fully saturated rings. The predicted octanol–water partition coefficient (Wildman–Crippen LogP) is 2.46. The summed E-state index contributed by atoms with van der Waals surface area (Å²) < 4.78 is 18.0. The first kappa shape index (κ1) is 11.5. The van der Waals surface area contributed by atoms with Crippen LogP contribution < -0.4 is 4.74 Å². The van der Waals surface area contributed by atoms with E-state index in [1.165, 1.54) is 24.3 Å². The minimum atomic E-state index is -0.929. The summed E-state index contributed by atoms with van der Waals surface area (Å²) in [4.78, 5) is 10.5. The standard InChI is InChI=1S/C11H13FO3/c1-11(2,7-10(13)14)15-9-5-3-8(12)4-6-9/h3-6H,7H2,1-2H3,(H,13,14). The van der Waals surface area contributed by atoms with Gasteiger partial charge in [0.15, 0.2) is 0 Å². The van der Waals surface area contributed by atoms with E-state index < -0.39 is 11.6 Å². The second kappa shape index (κ2) is 4.29. The Hall–Kier alpha value is -1.58. The molecular weight excluding hydrogens is 199 g/mol. The van der Waals surface area contributed by atoms with Crippen molar-refractivity contribution in [1.82, 2.24) is 0 Å². The molecule has 0 amide bonds. The molecule has 0 aliphatic carbocycles. The van der Waals surface area contributed by atoms with Gasteiger partial charge in [-0.05, 0) is 38.1 Å². The molecule has 4 heteroatoms. The van der Waals surface area contributed by atoms with Crippen LogP contribution >= 0.6 is 0 Å². The van der Waals surface area contributed by atoms with E-state index in [0.717, 1.165) is 0 Å². The molecule has 0 atom stereocenters. The third kappa shape index (κ3) is 3.97. The van der Waals surface area contributed by atoms with Gasteiger partial charge in [-0.1, -0.05) is 0 Å². The van der Waals surface area contributed by atoms with Gasteiger partial charge in [0.25, 0.3) is 0 Å². The summed E-state index contributed by atoms with van der Waals surface area (Å²) in [6, 6.07) is 5.48. The Labute approximate surface area is 87.5 Å². The van der Waals surface area contributed by atoms with Crippen LogP contribution in [0.3, 0.4) is 0 Å². The van der Waals surface area contributed by atoms with E-state index in [1.807, 2.05) is 0 Å². The van der Waals surface area contributed by atoms with E-state index in [2.05, 4.69) is 0 Å². The maximum Gasteiger partial charge on any atom is 0.307 e. The molecule has 0 saturated carbocycles. The van der Waals surface area contributed by atoms with Crippen LogP contribution in [0.15, 0.2) is 24.3 Å². The van der Waals surface area contributed by atoms with Gasteiger partial charge in [-0.3, -0.25) is 4.79 Å². The number of carboxylic acids is 1. The van der Waals surface area contributed by atoms with Crippen molar-refractivity contribution in [2.45, 2.75) is 25.9 Å². The molecular formula is C11H13FO3. The Bertz CT molecular complexity index is 343. The summed E-state index contributed by atoms with van der Waals surface area (Å²) in [5, 5.41) is 8.63. The lowest BCUT2D eigenvalue weighted by atomic mass is 10.1. The number of ether oxygens (including phenoxy) is 1. The smallest absolute Gasteiger partial charge is 0.307 e. The van der Waals surface area contributed by atoms with Crippen molar-refractivity contribution < 1.29 is 19.0 Å². The zero-order chi connectivity index (χ0) is 11.5. The maximum absolute atomic E-state index is 12.6. The Kier molecular flexibility index (Phi) is 3.29. The molecule has 0 bridgehead atoms.